The number of fused-ring (bicyclic) bond motifs is 2. The Morgan fingerprint density at radius 1 is 1.31 bits per heavy atom. The zero-order valence-corrected chi connectivity index (χ0v) is 14.3. The second kappa shape index (κ2) is 6.38. The summed E-state index contributed by atoms with van der Waals surface area (Å²) >= 11 is 0.977. The summed E-state index contributed by atoms with van der Waals surface area (Å²) in [5.41, 5.74) is 0.479. The Morgan fingerprint density at radius 2 is 2.15 bits per heavy atom. The Kier molecular flexibility index (Phi) is 4.04. The molecule has 0 bridgehead atoms. The zero-order valence-electron chi connectivity index (χ0n) is 13.5. The van der Waals surface area contributed by atoms with Crippen molar-refractivity contribution in [2.24, 2.45) is 0 Å². The molecule has 0 unspecified atom stereocenters. The summed E-state index contributed by atoms with van der Waals surface area (Å²) in [4.78, 5) is 16.4. The summed E-state index contributed by atoms with van der Waals surface area (Å²) in [7, 11) is 0. The van der Waals surface area contributed by atoms with Gasteiger partial charge in [-0.2, -0.15) is 0 Å². The van der Waals surface area contributed by atoms with Crippen molar-refractivity contribution >= 4 is 43.6 Å². The fourth-order valence-electron chi connectivity index (χ4n) is 2.59. The molecule has 0 radical (unpaired) electrons. The minimum atomic E-state index is -0.776. The Bertz CT molecular complexity index is 1140. The minimum absolute atomic E-state index is 0.00920. The third-order valence-corrected chi connectivity index (χ3v) is 4.58. The molecule has 1 N–H and O–H groups in total. The standard InChI is InChI=1S/C18H12F2N2O3S/c1-2-24-12-5-3-4-9-6-13(25-16(9)12)17(23)22-18-21-15-11(20)7-10(19)8-14(15)26-18/h3-8H,2H2,1H3,(H,21,22,23). The van der Waals surface area contributed by atoms with Gasteiger partial charge in [0.2, 0.25) is 0 Å². The van der Waals surface area contributed by atoms with E-state index in [1.807, 2.05) is 6.92 Å². The van der Waals surface area contributed by atoms with E-state index in [9.17, 15) is 13.6 Å². The van der Waals surface area contributed by atoms with E-state index in [1.165, 1.54) is 6.07 Å². The largest absolute Gasteiger partial charge is 0.490 e. The second-order valence-electron chi connectivity index (χ2n) is 5.43. The van der Waals surface area contributed by atoms with E-state index in [0.717, 1.165) is 22.8 Å². The first-order chi connectivity index (χ1) is 12.5. The van der Waals surface area contributed by atoms with Crippen LogP contribution in [0.3, 0.4) is 0 Å². The number of hydrogen-bond donors (Lipinski definition) is 1. The topological polar surface area (TPSA) is 64.4 Å². The Balaban J connectivity index is 1.65. The summed E-state index contributed by atoms with van der Waals surface area (Å²) in [5, 5.41) is 3.43. The van der Waals surface area contributed by atoms with Crippen LogP contribution in [-0.2, 0) is 0 Å². The minimum Gasteiger partial charge on any atom is -0.490 e. The van der Waals surface area contributed by atoms with E-state index in [2.05, 4.69) is 10.3 Å². The number of hydrogen-bond acceptors (Lipinski definition) is 5. The van der Waals surface area contributed by atoms with Gasteiger partial charge >= 0.3 is 0 Å². The van der Waals surface area contributed by atoms with E-state index >= 15 is 0 Å². The lowest BCUT2D eigenvalue weighted by Gasteiger charge is -2.02. The molecule has 132 valence electrons. The van der Waals surface area contributed by atoms with Crippen LogP contribution in [0, 0.1) is 11.6 Å². The lowest BCUT2D eigenvalue weighted by molar-refractivity contribution is 0.0998. The molecule has 0 saturated heterocycles. The van der Waals surface area contributed by atoms with Gasteiger partial charge in [-0.25, -0.2) is 13.8 Å². The molecule has 5 nitrogen and oxygen atoms in total. The molecule has 4 aromatic rings. The summed E-state index contributed by atoms with van der Waals surface area (Å²) in [6.45, 7) is 2.32. The van der Waals surface area contributed by atoms with Gasteiger partial charge in [0, 0.05) is 11.5 Å². The lowest BCUT2D eigenvalue weighted by atomic mass is 10.2. The van der Waals surface area contributed by atoms with Gasteiger partial charge in [-0.1, -0.05) is 23.5 Å². The number of benzene rings is 2. The summed E-state index contributed by atoms with van der Waals surface area (Å²) < 4.78 is 38.4. The van der Waals surface area contributed by atoms with Crippen molar-refractivity contribution in [2.75, 3.05) is 11.9 Å². The first-order valence-corrected chi connectivity index (χ1v) is 8.59. The first-order valence-electron chi connectivity index (χ1n) is 7.77. The number of anilines is 1. The molecular weight excluding hydrogens is 362 g/mol. The third-order valence-electron chi connectivity index (χ3n) is 3.67. The van der Waals surface area contributed by atoms with Crippen LogP contribution in [0.25, 0.3) is 21.2 Å². The highest BCUT2D eigenvalue weighted by molar-refractivity contribution is 7.22. The molecule has 2 aromatic carbocycles. The van der Waals surface area contributed by atoms with E-state index in [4.69, 9.17) is 9.15 Å². The van der Waals surface area contributed by atoms with Crippen LogP contribution in [0.1, 0.15) is 17.5 Å². The fourth-order valence-corrected chi connectivity index (χ4v) is 3.49. The molecule has 0 atom stereocenters. The number of carbonyl (C=O) groups is 1. The predicted octanol–water partition coefficient (Wildman–Crippen LogP) is 4.97. The van der Waals surface area contributed by atoms with Crippen molar-refractivity contribution in [3.05, 3.63) is 53.8 Å². The SMILES string of the molecule is CCOc1cccc2cc(C(=O)Nc3nc4c(F)cc(F)cc4s3)oc12. The Morgan fingerprint density at radius 3 is 2.96 bits per heavy atom. The van der Waals surface area contributed by atoms with Crippen LogP contribution in [0.15, 0.2) is 40.8 Å². The summed E-state index contributed by atoms with van der Waals surface area (Å²) in [5.74, 6) is -1.40. The van der Waals surface area contributed by atoms with Crippen LogP contribution in [0.4, 0.5) is 13.9 Å². The zero-order chi connectivity index (χ0) is 18.3. The molecule has 1 amide bonds. The average molecular weight is 374 g/mol. The molecule has 0 aliphatic heterocycles. The van der Waals surface area contributed by atoms with Gasteiger partial charge in [-0.3, -0.25) is 10.1 Å². The van der Waals surface area contributed by atoms with Crippen LogP contribution in [0.2, 0.25) is 0 Å². The first kappa shape index (κ1) is 16.5. The van der Waals surface area contributed by atoms with Gasteiger partial charge in [0.05, 0.1) is 11.3 Å². The number of carbonyl (C=O) groups excluding carboxylic acids is 1. The van der Waals surface area contributed by atoms with Crippen molar-refractivity contribution in [1.29, 1.82) is 0 Å². The molecular formula is C18H12F2N2O3S. The van der Waals surface area contributed by atoms with Crippen LogP contribution in [-0.4, -0.2) is 17.5 Å². The van der Waals surface area contributed by atoms with Crippen molar-refractivity contribution in [1.82, 2.24) is 4.98 Å². The summed E-state index contributed by atoms with van der Waals surface area (Å²) in [6.07, 6.45) is 0. The summed E-state index contributed by atoms with van der Waals surface area (Å²) in [6, 6.07) is 8.86. The molecule has 0 fully saturated rings. The van der Waals surface area contributed by atoms with Gasteiger partial charge in [0.15, 0.2) is 28.0 Å². The number of nitrogens with one attached hydrogen (secondary N) is 1. The molecule has 0 aliphatic rings. The van der Waals surface area contributed by atoms with E-state index < -0.39 is 17.5 Å². The third kappa shape index (κ3) is 2.88. The quantitative estimate of drug-likeness (QED) is 0.548. The highest BCUT2D eigenvalue weighted by Gasteiger charge is 2.18. The van der Waals surface area contributed by atoms with E-state index in [-0.39, 0.29) is 16.4 Å². The lowest BCUT2D eigenvalue weighted by Crippen LogP contribution is -2.10. The van der Waals surface area contributed by atoms with E-state index in [0.29, 0.717) is 22.6 Å². The van der Waals surface area contributed by atoms with Crippen molar-refractivity contribution in [3.8, 4) is 5.75 Å². The van der Waals surface area contributed by atoms with Gasteiger partial charge in [0.25, 0.3) is 5.91 Å². The number of furan rings is 1. The molecule has 2 heterocycles. The molecule has 0 aliphatic carbocycles. The van der Waals surface area contributed by atoms with Gasteiger partial charge < -0.3 is 9.15 Å². The van der Waals surface area contributed by atoms with Crippen LogP contribution in [0.5, 0.6) is 5.75 Å². The number of halogens is 2. The molecule has 8 heteroatoms. The Hall–Kier alpha value is -3.00. The molecule has 2 aromatic heterocycles. The average Bonchev–Trinajstić information content (AvgIpc) is 3.19. The normalized spacial score (nSPS) is 11.2. The maximum atomic E-state index is 13.7. The smallest absolute Gasteiger partial charge is 0.293 e. The Labute approximate surface area is 150 Å². The number of para-hydroxylation sites is 1. The molecule has 26 heavy (non-hydrogen) atoms. The molecule has 4 rings (SSSR count). The molecule has 0 saturated carbocycles. The number of aromatic nitrogens is 1. The number of ether oxygens (including phenoxy) is 1. The number of thiazole rings is 1. The second-order valence-corrected chi connectivity index (χ2v) is 6.46. The maximum Gasteiger partial charge on any atom is 0.293 e. The van der Waals surface area contributed by atoms with Crippen molar-refractivity contribution < 1.29 is 22.7 Å². The van der Waals surface area contributed by atoms with Gasteiger partial charge in [-0.05, 0) is 25.1 Å². The monoisotopic (exact) mass is 374 g/mol. The molecule has 0 spiro atoms. The van der Waals surface area contributed by atoms with Crippen molar-refractivity contribution in [2.45, 2.75) is 6.92 Å². The van der Waals surface area contributed by atoms with Gasteiger partial charge in [-0.15, -0.1) is 0 Å². The highest BCUT2D eigenvalue weighted by atomic mass is 32.1. The van der Waals surface area contributed by atoms with Crippen LogP contribution >= 0.6 is 11.3 Å². The van der Waals surface area contributed by atoms with Crippen LogP contribution < -0.4 is 10.1 Å². The number of rotatable bonds is 4. The number of amides is 1. The number of nitrogens with zero attached hydrogens (tertiary/aromatic N) is 1. The highest BCUT2D eigenvalue weighted by Crippen LogP contribution is 2.31. The van der Waals surface area contributed by atoms with Crippen molar-refractivity contribution in [3.63, 3.8) is 0 Å². The van der Waals surface area contributed by atoms with E-state index in [1.54, 1.807) is 24.3 Å². The fraction of sp³-hybridized carbons (Fsp3) is 0.111. The maximum absolute atomic E-state index is 13.7. The predicted molar refractivity (Wildman–Crippen MR) is 94.9 cm³/mol. The van der Waals surface area contributed by atoms with Gasteiger partial charge in [0.1, 0.15) is 11.3 Å².